The van der Waals surface area contributed by atoms with Gasteiger partial charge in [0.1, 0.15) is 12.1 Å². The molecule has 0 aliphatic carbocycles. The van der Waals surface area contributed by atoms with Crippen molar-refractivity contribution in [2.24, 2.45) is 5.10 Å². The van der Waals surface area contributed by atoms with Crippen molar-refractivity contribution < 1.29 is 0 Å². The average molecular weight is 201 g/mol. The number of nitrogen functional groups attached to an aromatic ring is 1. The summed E-state index contributed by atoms with van der Waals surface area (Å²) in [5.74, 6) is 0.497. The van der Waals surface area contributed by atoms with Gasteiger partial charge in [0.15, 0.2) is 0 Å². The summed E-state index contributed by atoms with van der Waals surface area (Å²) >= 11 is 0. The lowest BCUT2D eigenvalue weighted by molar-refractivity contribution is 0.908. The minimum Gasteiger partial charge on any atom is -0.383 e. The molecule has 0 bridgehead atoms. The molecule has 0 saturated carbocycles. The summed E-state index contributed by atoms with van der Waals surface area (Å²) in [6, 6.07) is 5.72. The minimum absolute atomic E-state index is 0.497. The highest BCUT2D eigenvalue weighted by Gasteiger charge is 1.99. The standard InChI is InChI=1S/C10H11N5/c1-12-15-5-7-2-3-8-9(4-7)13-6-14-10(8)11/h2-6,12H,1H3,(H2,11,13,14)/b15-5+. The summed E-state index contributed by atoms with van der Waals surface area (Å²) in [5, 5.41) is 4.78. The summed E-state index contributed by atoms with van der Waals surface area (Å²) in [5.41, 5.74) is 10.2. The van der Waals surface area contributed by atoms with Gasteiger partial charge in [-0.2, -0.15) is 5.10 Å². The van der Waals surface area contributed by atoms with E-state index in [9.17, 15) is 0 Å². The van der Waals surface area contributed by atoms with E-state index in [1.807, 2.05) is 18.2 Å². The van der Waals surface area contributed by atoms with E-state index < -0.39 is 0 Å². The highest BCUT2D eigenvalue weighted by Crippen LogP contribution is 2.16. The first-order valence-corrected chi connectivity index (χ1v) is 4.51. The molecule has 0 aliphatic rings. The number of nitrogens with zero attached hydrogens (tertiary/aromatic N) is 3. The van der Waals surface area contributed by atoms with Crippen molar-refractivity contribution in [2.75, 3.05) is 12.8 Å². The molecule has 0 radical (unpaired) electrons. The first-order chi connectivity index (χ1) is 7.31. The fourth-order valence-electron chi connectivity index (χ4n) is 1.31. The molecule has 0 atom stereocenters. The maximum absolute atomic E-state index is 5.71. The van der Waals surface area contributed by atoms with Crippen LogP contribution in [-0.4, -0.2) is 23.2 Å². The second-order valence-electron chi connectivity index (χ2n) is 3.02. The average Bonchev–Trinajstić information content (AvgIpc) is 2.26. The second-order valence-corrected chi connectivity index (χ2v) is 3.02. The van der Waals surface area contributed by atoms with Crippen LogP contribution in [-0.2, 0) is 0 Å². The Morgan fingerprint density at radius 2 is 2.27 bits per heavy atom. The van der Waals surface area contributed by atoms with Crippen LogP contribution in [0.2, 0.25) is 0 Å². The zero-order valence-electron chi connectivity index (χ0n) is 8.31. The SMILES string of the molecule is CN/N=C/c1ccc2c(N)ncnc2c1. The van der Waals surface area contributed by atoms with E-state index in [1.165, 1.54) is 6.33 Å². The molecule has 1 aromatic carbocycles. The van der Waals surface area contributed by atoms with Gasteiger partial charge in [-0.3, -0.25) is 0 Å². The lowest BCUT2D eigenvalue weighted by Gasteiger charge is -2.00. The largest absolute Gasteiger partial charge is 0.383 e. The number of hydrogen-bond donors (Lipinski definition) is 2. The Balaban J connectivity index is 2.52. The molecule has 5 nitrogen and oxygen atoms in total. The smallest absolute Gasteiger partial charge is 0.134 e. The predicted molar refractivity (Wildman–Crippen MR) is 60.6 cm³/mol. The number of nitrogens with two attached hydrogens (primary N) is 1. The zero-order valence-corrected chi connectivity index (χ0v) is 8.31. The Labute approximate surface area is 87.0 Å². The van der Waals surface area contributed by atoms with Gasteiger partial charge in [0, 0.05) is 12.4 Å². The third-order valence-electron chi connectivity index (χ3n) is 2.03. The van der Waals surface area contributed by atoms with E-state index in [-0.39, 0.29) is 0 Å². The van der Waals surface area contributed by atoms with Crippen LogP contribution in [0.5, 0.6) is 0 Å². The Morgan fingerprint density at radius 3 is 3.07 bits per heavy atom. The van der Waals surface area contributed by atoms with Crippen molar-refractivity contribution in [2.45, 2.75) is 0 Å². The van der Waals surface area contributed by atoms with Crippen LogP contribution in [0.4, 0.5) is 5.82 Å². The van der Waals surface area contributed by atoms with Gasteiger partial charge in [-0.25, -0.2) is 9.97 Å². The number of aromatic nitrogens is 2. The molecule has 0 fully saturated rings. The van der Waals surface area contributed by atoms with Gasteiger partial charge < -0.3 is 11.2 Å². The van der Waals surface area contributed by atoms with Gasteiger partial charge in [-0.15, -0.1) is 0 Å². The first-order valence-electron chi connectivity index (χ1n) is 4.51. The number of benzene rings is 1. The van der Waals surface area contributed by atoms with Gasteiger partial charge in [-0.1, -0.05) is 6.07 Å². The molecule has 3 N–H and O–H groups in total. The summed E-state index contributed by atoms with van der Waals surface area (Å²) in [7, 11) is 1.75. The monoisotopic (exact) mass is 201 g/mol. The molecule has 1 heterocycles. The minimum atomic E-state index is 0.497. The van der Waals surface area contributed by atoms with Crippen molar-refractivity contribution >= 4 is 22.9 Å². The molecule has 1 aromatic heterocycles. The Hall–Kier alpha value is -2.17. The lowest BCUT2D eigenvalue weighted by Crippen LogP contribution is -1.96. The maximum atomic E-state index is 5.71. The molecule has 15 heavy (non-hydrogen) atoms. The van der Waals surface area contributed by atoms with Crippen molar-refractivity contribution in [3.8, 4) is 0 Å². The molecular weight excluding hydrogens is 190 g/mol. The van der Waals surface area contributed by atoms with E-state index >= 15 is 0 Å². The molecule has 0 aliphatic heterocycles. The maximum Gasteiger partial charge on any atom is 0.134 e. The van der Waals surface area contributed by atoms with E-state index in [2.05, 4.69) is 20.5 Å². The lowest BCUT2D eigenvalue weighted by atomic mass is 10.1. The summed E-state index contributed by atoms with van der Waals surface area (Å²) in [6.07, 6.45) is 3.17. The molecule has 2 aromatic rings. The topological polar surface area (TPSA) is 76.2 Å². The first kappa shape index (κ1) is 9.39. The summed E-state index contributed by atoms with van der Waals surface area (Å²) in [4.78, 5) is 8.06. The van der Waals surface area contributed by atoms with Crippen LogP contribution >= 0.6 is 0 Å². The van der Waals surface area contributed by atoms with Crippen LogP contribution in [0.1, 0.15) is 5.56 Å². The molecule has 2 rings (SSSR count). The van der Waals surface area contributed by atoms with E-state index in [1.54, 1.807) is 13.3 Å². The molecule has 5 heteroatoms. The van der Waals surface area contributed by atoms with Crippen LogP contribution in [0, 0.1) is 0 Å². The number of hydrogen-bond acceptors (Lipinski definition) is 5. The third-order valence-corrected chi connectivity index (χ3v) is 2.03. The summed E-state index contributed by atoms with van der Waals surface area (Å²) < 4.78 is 0. The van der Waals surface area contributed by atoms with Gasteiger partial charge >= 0.3 is 0 Å². The van der Waals surface area contributed by atoms with E-state index in [4.69, 9.17) is 5.73 Å². The van der Waals surface area contributed by atoms with Crippen LogP contribution in [0.25, 0.3) is 10.9 Å². The van der Waals surface area contributed by atoms with Crippen molar-refractivity contribution in [3.63, 3.8) is 0 Å². The van der Waals surface area contributed by atoms with Gasteiger partial charge in [0.05, 0.1) is 11.7 Å². The highest BCUT2D eigenvalue weighted by molar-refractivity contribution is 5.92. The van der Waals surface area contributed by atoms with Gasteiger partial charge in [-0.05, 0) is 17.7 Å². The predicted octanol–water partition coefficient (Wildman–Crippen LogP) is 0.765. The van der Waals surface area contributed by atoms with Crippen LogP contribution in [0.15, 0.2) is 29.6 Å². The van der Waals surface area contributed by atoms with Crippen LogP contribution < -0.4 is 11.2 Å². The van der Waals surface area contributed by atoms with Gasteiger partial charge in [0.2, 0.25) is 0 Å². The molecule has 0 unspecified atom stereocenters. The normalized spacial score (nSPS) is 11.0. The van der Waals surface area contributed by atoms with Crippen LogP contribution in [0.3, 0.4) is 0 Å². The van der Waals surface area contributed by atoms with Gasteiger partial charge in [0.25, 0.3) is 0 Å². The number of hydrazone groups is 1. The quantitative estimate of drug-likeness (QED) is 0.555. The van der Waals surface area contributed by atoms with E-state index in [0.29, 0.717) is 5.82 Å². The fraction of sp³-hybridized carbons (Fsp3) is 0.100. The van der Waals surface area contributed by atoms with E-state index in [0.717, 1.165) is 16.5 Å². The van der Waals surface area contributed by atoms with Crippen molar-refractivity contribution in [3.05, 3.63) is 30.1 Å². The van der Waals surface area contributed by atoms with Crippen molar-refractivity contribution in [1.82, 2.24) is 15.4 Å². The molecule has 0 saturated heterocycles. The molecular formula is C10H11N5. The molecule has 0 amide bonds. The zero-order chi connectivity index (χ0) is 10.7. The Morgan fingerprint density at radius 1 is 1.40 bits per heavy atom. The number of nitrogens with one attached hydrogen (secondary N) is 1. The Kier molecular flexibility index (Phi) is 2.45. The fourth-order valence-corrected chi connectivity index (χ4v) is 1.31. The third kappa shape index (κ3) is 1.85. The second kappa shape index (κ2) is 3.91. The molecule has 0 spiro atoms. The highest BCUT2D eigenvalue weighted by atomic mass is 15.3. The number of rotatable bonds is 2. The number of anilines is 1. The number of fused-ring (bicyclic) bond motifs is 1. The Bertz CT molecular complexity index is 506. The summed E-state index contributed by atoms with van der Waals surface area (Å²) in [6.45, 7) is 0. The van der Waals surface area contributed by atoms with Crippen molar-refractivity contribution in [1.29, 1.82) is 0 Å². The molecule has 76 valence electrons.